The number of hydrogen-bond donors (Lipinski definition) is 1. The number of carbonyl (C=O) groups is 1. The lowest BCUT2D eigenvalue weighted by molar-refractivity contribution is 0.103. The molecule has 0 spiro atoms. The Balaban J connectivity index is 1.81. The van der Waals surface area contributed by atoms with Crippen molar-refractivity contribution in [3.05, 3.63) is 33.2 Å². The molecule has 122 valence electrons. The number of fused-ring (bicyclic) bond motifs is 1. The van der Waals surface area contributed by atoms with Crippen molar-refractivity contribution in [1.82, 2.24) is 4.98 Å². The van der Waals surface area contributed by atoms with Gasteiger partial charge in [0.15, 0.2) is 11.5 Å². The summed E-state index contributed by atoms with van der Waals surface area (Å²) in [5.41, 5.74) is 0.407. The highest BCUT2D eigenvalue weighted by atomic mass is 35.5. The Hall–Kier alpha value is -1.79. The molecular formula is C16H17ClN2O3S. The third-order valence-corrected chi connectivity index (χ3v) is 4.99. The molecule has 5 nitrogen and oxygen atoms in total. The zero-order valence-electron chi connectivity index (χ0n) is 13.1. The van der Waals surface area contributed by atoms with E-state index in [4.69, 9.17) is 21.1 Å². The fourth-order valence-electron chi connectivity index (χ4n) is 2.07. The Morgan fingerprint density at radius 3 is 2.52 bits per heavy atom. The summed E-state index contributed by atoms with van der Waals surface area (Å²) in [4.78, 5) is 17.3. The molecule has 1 amide bonds. The average Bonchev–Trinajstić information content (AvgIpc) is 2.98. The summed E-state index contributed by atoms with van der Waals surface area (Å²) in [5, 5.41) is 4.12. The molecule has 1 aliphatic heterocycles. The Kier molecular flexibility index (Phi) is 4.21. The summed E-state index contributed by atoms with van der Waals surface area (Å²) in [5.74, 6) is 0.930. The third-order valence-electron chi connectivity index (χ3n) is 3.25. The van der Waals surface area contributed by atoms with E-state index in [1.165, 1.54) is 11.3 Å². The highest BCUT2D eigenvalue weighted by Gasteiger charge is 2.21. The molecule has 2 aromatic rings. The van der Waals surface area contributed by atoms with E-state index >= 15 is 0 Å². The molecule has 3 rings (SSSR count). The van der Waals surface area contributed by atoms with Crippen LogP contribution in [0, 0.1) is 0 Å². The number of nitrogens with zero attached hydrogens (tertiary/aromatic N) is 1. The quantitative estimate of drug-likeness (QED) is 0.883. The molecule has 0 bridgehead atoms. The van der Waals surface area contributed by atoms with Crippen molar-refractivity contribution >= 4 is 34.5 Å². The van der Waals surface area contributed by atoms with Crippen molar-refractivity contribution in [2.24, 2.45) is 0 Å². The Morgan fingerprint density at radius 1 is 1.26 bits per heavy atom. The number of rotatable bonds is 2. The minimum absolute atomic E-state index is 0.0855. The molecule has 2 heterocycles. The zero-order valence-corrected chi connectivity index (χ0v) is 14.7. The summed E-state index contributed by atoms with van der Waals surface area (Å²) >= 11 is 7.59. The number of halogens is 1. The van der Waals surface area contributed by atoms with E-state index < -0.39 is 0 Å². The van der Waals surface area contributed by atoms with Crippen LogP contribution >= 0.6 is 22.9 Å². The van der Waals surface area contributed by atoms with Gasteiger partial charge in [-0.3, -0.25) is 4.79 Å². The maximum atomic E-state index is 12.4. The molecule has 1 aromatic heterocycles. The van der Waals surface area contributed by atoms with Gasteiger partial charge in [0.2, 0.25) is 0 Å². The molecular weight excluding hydrogens is 336 g/mol. The molecule has 0 aliphatic carbocycles. The van der Waals surface area contributed by atoms with Crippen LogP contribution in [-0.4, -0.2) is 24.1 Å². The molecule has 0 saturated heterocycles. The van der Waals surface area contributed by atoms with Gasteiger partial charge < -0.3 is 14.8 Å². The van der Waals surface area contributed by atoms with Crippen LogP contribution in [0.2, 0.25) is 5.02 Å². The van der Waals surface area contributed by atoms with Gasteiger partial charge in [-0.2, -0.15) is 0 Å². The first kappa shape index (κ1) is 16.1. The molecule has 1 aliphatic rings. The van der Waals surface area contributed by atoms with Crippen molar-refractivity contribution in [3.8, 4) is 11.5 Å². The second-order valence-electron chi connectivity index (χ2n) is 6.21. The van der Waals surface area contributed by atoms with Gasteiger partial charge >= 0.3 is 0 Å². The summed E-state index contributed by atoms with van der Waals surface area (Å²) in [6.45, 7) is 7.15. The van der Waals surface area contributed by atoms with Crippen molar-refractivity contribution in [2.45, 2.75) is 26.2 Å². The summed E-state index contributed by atoms with van der Waals surface area (Å²) in [6, 6.07) is 3.33. The lowest BCUT2D eigenvalue weighted by atomic mass is 9.98. The normalized spacial score (nSPS) is 13.7. The lowest BCUT2D eigenvalue weighted by Gasteiger charge is -2.19. The van der Waals surface area contributed by atoms with Crippen molar-refractivity contribution in [1.29, 1.82) is 0 Å². The SMILES string of the molecule is CC(C)(C)c1ncc(C(=O)Nc2cc3c(cc2Cl)OCCO3)s1. The van der Waals surface area contributed by atoms with Gasteiger partial charge in [0.05, 0.1) is 21.9 Å². The van der Waals surface area contributed by atoms with Gasteiger partial charge in [-0.1, -0.05) is 32.4 Å². The highest BCUT2D eigenvalue weighted by Crippen LogP contribution is 2.38. The monoisotopic (exact) mass is 352 g/mol. The maximum Gasteiger partial charge on any atom is 0.267 e. The summed E-state index contributed by atoms with van der Waals surface area (Å²) < 4.78 is 11.0. The number of hydrogen-bond acceptors (Lipinski definition) is 5. The smallest absolute Gasteiger partial charge is 0.267 e. The minimum Gasteiger partial charge on any atom is -0.486 e. The van der Waals surface area contributed by atoms with E-state index in [0.717, 1.165) is 5.01 Å². The number of benzene rings is 1. The van der Waals surface area contributed by atoms with Crippen LogP contribution in [0.15, 0.2) is 18.3 Å². The number of ether oxygens (including phenoxy) is 2. The average molecular weight is 353 g/mol. The number of carbonyl (C=O) groups excluding carboxylic acids is 1. The van der Waals surface area contributed by atoms with Gasteiger partial charge in [0.1, 0.15) is 18.1 Å². The first-order chi connectivity index (χ1) is 10.8. The first-order valence-corrected chi connectivity index (χ1v) is 8.41. The van der Waals surface area contributed by atoms with Crippen LogP contribution in [0.5, 0.6) is 11.5 Å². The van der Waals surface area contributed by atoms with Gasteiger partial charge in [0, 0.05) is 17.5 Å². The van der Waals surface area contributed by atoms with E-state index in [1.54, 1.807) is 18.3 Å². The highest BCUT2D eigenvalue weighted by molar-refractivity contribution is 7.13. The first-order valence-electron chi connectivity index (χ1n) is 7.21. The fourth-order valence-corrected chi connectivity index (χ4v) is 3.14. The van der Waals surface area contributed by atoms with Gasteiger partial charge in [-0.05, 0) is 0 Å². The number of thiazole rings is 1. The summed E-state index contributed by atoms with van der Waals surface area (Å²) in [7, 11) is 0. The topological polar surface area (TPSA) is 60.5 Å². The van der Waals surface area contributed by atoms with E-state index in [-0.39, 0.29) is 11.3 Å². The van der Waals surface area contributed by atoms with Crippen LogP contribution < -0.4 is 14.8 Å². The third kappa shape index (κ3) is 3.43. The Labute approximate surface area is 143 Å². The van der Waals surface area contributed by atoms with Crippen LogP contribution in [-0.2, 0) is 5.41 Å². The minimum atomic E-state index is -0.239. The molecule has 23 heavy (non-hydrogen) atoms. The van der Waals surface area contributed by atoms with E-state index in [0.29, 0.717) is 40.3 Å². The molecule has 0 unspecified atom stereocenters. The predicted octanol–water partition coefficient (Wildman–Crippen LogP) is 4.12. The molecule has 0 saturated carbocycles. The lowest BCUT2D eigenvalue weighted by Crippen LogP contribution is -2.16. The van der Waals surface area contributed by atoms with E-state index in [1.807, 2.05) is 0 Å². The molecule has 0 fully saturated rings. The fraction of sp³-hybridized carbons (Fsp3) is 0.375. The zero-order chi connectivity index (χ0) is 16.6. The van der Waals surface area contributed by atoms with E-state index in [9.17, 15) is 4.79 Å². The predicted molar refractivity (Wildman–Crippen MR) is 91.2 cm³/mol. The van der Waals surface area contributed by atoms with Crippen molar-refractivity contribution in [2.75, 3.05) is 18.5 Å². The summed E-state index contributed by atoms with van der Waals surface area (Å²) in [6.07, 6.45) is 1.59. The number of amides is 1. The van der Waals surface area contributed by atoms with Gasteiger partial charge in [-0.15, -0.1) is 11.3 Å². The number of anilines is 1. The Bertz CT molecular complexity index is 752. The number of aromatic nitrogens is 1. The molecule has 1 aromatic carbocycles. The van der Waals surface area contributed by atoms with Crippen molar-refractivity contribution in [3.63, 3.8) is 0 Å². The van der Waals surface area contributed by atoms with Gasteiger partial charge in [0.25, 0.3) is 5.91 Å². The molecule has 7 heteroatoms. The molecule has 1 N–H and O–H groups in total. The molecule has 0 radical (unpaired) electrons. The Morgan fingerprint density at radius 2 is 1.91 bits per heavy atom. The molecule has 0 atom stereocenters. The largest absolute Gasteiger partial charge is 0.486 e. The van der Waals surface area contributed by atoms with Gasteiger partial charge in [-0.25, -0.2) is 4.98 Å². The van der Waals surface area contributed by atoms with Crippen LogP contribution in [0.3, 0.4) is 0 Å². The van der Waals surface area contributed by atoms with E-state index in [2.05, 4.69) is 31.1 Å². The maximum absolute atomic E-state index is 12.4. The second-order valence-corrected chi connectivity index (χ2v) is 7.65. The van der Waals surface area contributed by atoms with Crippen LogP contribution in [0.1, 0.15) is 35.5 Å². The van der Waals surface area contributed by atoms with Crippen LogP contribution in [0.25, 0.3) is 0 Å². The van der Waals surface area contributed by atoms with Crippen molar-refractivity contribution < 1.29 is 14.3 Å². The second kappa shape index (κ2) is 6.02. The standard InChI is InChI=1S/C16H17ClN2O3S/c1-16(2,3)15-18-8-13(23-15)14(20)19-10-7-12-11(6-9(10)17)21-4-5-22-12/h6-8H,4-5H2,1-3H3,(H,19,20). The number of nitrogens with one attached hydrogen (secondary N) is 1. The van der Waals surface area contributed by atoms with Crippen LogP contribution in [0.4, 0.5) is 5.69 Å².